The van der Waals surface area contributed by atoms with Gasteiger partial charge in [0.1, 0.15) is 0 Å². The summed E-state index contributed by atoms with van der Waals surface area (Å²) in [5.74, 6) is 0. The van der Waals surface area contributed by atoms with Crippen LogP contribution in [-0.4, -0.2) is 0 Å². The number of hydrogen-bond acceptors (Lipinski definition) is 1. The second-order valence-electron chi connectivity index (χ2n) is 0. The molecular weight excluding hydrogens is 118 g/mol. The van der Waals surface area contributed by atoms with Gasteiger partial charge >= 0.3 is 18.9 Å². The summed E-state index contributed by atoms with van der Waals surface area (Å²) in [5, 5.41) is 0. The van der Waals surface area contributed by atoms with Crippen molar-refractivity contribution in [1.29, 1.82) is 0 Å². The molecule has 0 aliphatic rings. The van der Waals surface area contributed by atoms with E-state index in [1.807, 2.05) is 0 Å². The maximum atomic E-state index is 3.89. The monoisotopic (exact) mass is 120 g/mol. The van der Waals surface area contributed by atoms with E-state index in [1.54, 1.807) is 0 Å². The van der Waals surface area contributed by atoms with Gasteiger partial charge in [0.05, 0.1) is 0 Å². The summed E-state index contributed by atoms with van der Waals surface area (Å²) in [6, 6.07) is 0. The van der Waals surface area contributed by atoms with Crippen LogP contribution in [0.15, 0.2) is 0 Å². The molecule has 0 radical (unpaired) electrons. The number of rotatable bonds is 0. The molecule has 18 valence electrons. The van der Waals surface area contributed by atoms with Crippen LogP contribution < -0.4 is 18.9 Å². The van der Waals surface area contributed by atoms with Crippen LogP contribution in [0.2, 0.25) is 0 Å². The molecule has 0 saturated carbocycles. The van der Waals surface area contributed by atoms with Crippen molar-refractivity contribution in [1.82, 2.24) is 0 Å². The fourth-order valence-electron chi connectivity index (χ4n) is 0. The molecule has 0 spiro atoms. The fourth-order valence-corrected chi connectivity index (χ4v) is 0. The molecular formula is H2LiPSTi. The third-order valence-corrected chi connectivity index (χ3v) is 0. The molecule has 0 aromatic heterocycles. The van der Waals surface area contributed by atoms with E-state index >= 15 is 0 Å². The van der Waals surface area contributed by atoms with Crippen molar-refractivity contribution in [2.75, 3.05) is 0 Å². The molecule has 0 bridgehead atoms. The Kier molecular flexibility index (Phi) is 89.7. The molecule has 0 aliphatic heterocycles. The van der Waals surface area contributed by atoms with Crippen LogP contribution in [-0.2, 0) is 33.5 Å². The van der Waals surface area contributed by atoms with Crippen molar-refractivity contribution in [2.45, 2.75) is 0 Å². The zero-order valence-electron chi connectivity index (χ0n) is 3.41. The summed E-state index contributed by atoms with van der Waals surface area (Å²) in [4.78, 5) is 0. The second kappa shape index (κ2) is 21.1. The van der Waals surface area contributed by atoms with Crippen molar-refractivity contribution in [3.63, 3.8) is 0 Å². The van der Waals surface area contributed by atoms with Crippen LogP contribution in [0.3, 0.4) is 0 Å². The Bertz CT molecular complexity index is 11.6. The number of hydrogen-bond donors (Lipinski definition) is 0. The van der Waals surface area contributed by atoms with Gasteiger partial charge in [0.25, 0.3) is 0 Å². The molecule has 0 aromatic rings. The molecule has 0 atom stereocenters. The van der Waals surface area contributed by atoms with Crippen LogP contribution in [0.25, 0.3) is 0 Å². The van der Waals surface area contributed by atoms with E-state index in [-0.39, 0.29) is 42.0 Å². The van der Waals surface area contributed by atoms with Crippen molar-refractivity contribution < 1.29 is 42.0 Å². The Morgan fingerprint density at radius 1 is 1.50 bits per heavy atom. The Hall–Kier alpha value is 1.83. The topological polar surface area (TPSA) is 0 Å². The molecule has 0 aliphatic carbocycles. The van der Waals surface area contributed by atoms with Gasteiger partial charge in [-0.2, -0.15) is 0 Å². The maximum Gasteiger partial charge on any atom is 1.00 e. The Labute approximate surface area is 61.5 Å². The van der Waals surface area contributed by atoms with E-state index in [1.165, 1.54) is 0 Å². The summed E-state index contributed by atoms with van der Waals surface area (Å²) in [5.41, 5.74) is 0. The first-order valence-corrected chi connectivity index (χ1v) is 1.84. The molecule has 4 heteroatoms. The molecule has 0 saturated heterocycles. The van der Waals surface area contributed by atoms with E-state index < -0.39 is 0 Å². The minimum Gasteiger partial charge on any atom is -1.00 e. The van der Waals surface area contributed by atoms with Crippen LogP contribution in [0.4, 0.5) is 0 Å². The average Bonchev–Trinajstić information content (AvgIpc) is 1.00. The Morgan fingerprint density at radius 3 is 1.50 bits per heavy atom. The molecule has 0 nitrogen and oxygen atoms in total. The maximum absolute atomic E-state index is 3.89. The van der Waals surface area contributed by atoms with Crippen molar-refractivity contribution in [2.24, 2.45) is 0 Å². The summed E-state index contributed by atoms with van der Waals surface area (Å²) < 4.78 is 0. The summed E-state index contributed by atoms with van der Waals surface area (Å²) >= 11 is 3.89. The van der Waals surface area contributed by atoms with Crippen molar-refractivity contribution in [3.8, 4) is 0 Å². The molecule has 0 unspecified atom stereocenters. The largest absolute Gasteiger partial charge is 1.00 e. The van der Waals surface area contributed by atoms with Gasteiger partial charge in [0.2, 0.25) is 0 Å². The van der Waals surface area contributed by atoms with Gasteiger partial charge < -0.3 is 1.43 Å². The Balaban J connectivity index is -0.00000000167. The minimum absolute atomic E-state index is 0. The summed E-state index contributed by atoms with van der Waals surface area (Å²) in [6.07, 6.45) is 0. The van der Waals surface area contributed by atoms with Crippen LogP contribution in [0.5, 0.6) is 0 Å². The van der Waals surface area contributed by atoms with E-state index in [0.29, 0.717) is 0 Å². The average molecular weight is 120 g/mol. The molecule has 0 fully saturated rings. The quantitative estimate of drug-likeness (QED) is 0.256. The Morgan fingerprint density at radius 2 is 1.50 bits per heavy atom. The third-order valence-electron chi connectivity index (χ3n) is 0. The summed E-state index contributed by atoms with van der Waals surface area (Å²) in [7, 11) is 2.56. The first-order chi connectivity index (χ1) is 1.00. The molecule has 0 N–H and O–H groups in total. The van der Waals surface area contributed by atoms with Gasteiger partial charge in [-0.25, -0.2) is 0 Å². The predicted octanol–water partition coefficient (Wildman–Crippen LogP) is -2.29. The van der Waals surface area contributed by atoms with E-state index in [4.69, 9.17) is 0 Å². The van der Waals surface area contributed by atoms with E-state index in [2.05, 4.69) is 19.8 Å². The third kappa shape index (κ3) is 9.16. The standard InChI is InChI=1S/Li.HPS.Ti.H/c;1-2;;/h;1H;;/q+1;;;-1. The van der Waals surface area contributed by atoms with Gasteiger partial charge in [-0.15, -0.1) is 0 Å². The van der Waals surface area contributed by atoms with Gasteiger partial charge in [0.15, 0.2) is 0 Å². The summed E-state index contributed by atoms with van der Waals surface area (Å²) in [6.45, 7) is 0. The fraction of sp³-hybridized carbons (Fsp3) is 0. The molecule has 0 amide bonds. The van der Waals surface area contributed by atoms with Gasteiger partial charge in [-0.05, 0) is 8.02 Å². The molecule has 0 aromatic carbocycles. The normalized spacial score (nSPS) is 1.00. The molecule has 0 heterocycles. The smallest absolute Gasteiger partial charge is 1.00 e. The predicted molar refractivity (Wildman–Crippen MR) is 16.8 cm³/mol. The van der Waals surface area contributed by atoms with Crippen LogP contribution >= 0.6 is 8.02 Å². The molecule has 4 heavy (non-hydrogen) atoms. The van der Waals surface area contributed by atoms with E-state index in [0.717, 1.165) is 0 Å². The van der Waals surface area contributed by atoms with Crippen LogP contribution in [0.1, 0.15) is 1.43 Å². The minimum atomic E-state index is 0. The van der Waals surface area contributed by atoms with Crippen molar-refractivity contribution >= 4 is 19.8 Å². The van der Waals surface area contributed by atoms with E-state index in [9.17, 15) is 0 Å². The second-order valence-corrected chi connectivity index (χ2v) is 0. The van der Waals surface area contributed by atoms with Crippen molar-refractivity contribution in [3.05, 3.63) is 0 Å². The SMILES string of the molecule is P=S.[H-].[Li+].[Ti]. The van der Waals surface area contributed by atoms with Gasteiger partial charge in [-0.1, -0.05) is 11.8 Å². The molecule has 0 rings (SSSR count). The zero-order valence-corrected chi connectivity index (χ0v) is 5.79. The van der Waals surface area contributed by atoms with Crippen LogP contribution in [0, 0.1) is 0 Å². The first kappa shape index (κ1) is 17.0. The zero-order chi connectivity index (χ0) is 2.00. The van der Waals surface area contributed by atoms with Gasteiger partial charge in [0, 0.05) is 21.7 Å². The van der Waals surface area contributed by atoms with Gasteiger partial charge in [-0.3, -0.25) is 0 Å². The first-order valence-electron chi connectivity index (χ1n) is 0.204.